The molecule has 3 nitrogen and oxygen atoms in total. The van der Waals surface area contributed by atoms with Gasteiger partial charge in [0.2, 0.25) is 0 Å². The molecular weight excluding hydrogens is 262 g/mol. The van der Waals surface area contributed by atoms with E-state index in [2.05, 4.69) is 46.0 Å². The van der Waals surface area contributed by atoms with Crippen LogP contribution in [0, 0.1) is 19.8 Å². The van der Waals surface area contributed by atoms with Gasteiger partial charge in [-0.05, 0) is 62.8 Å². The molecule has 0 saturated carbocycles. The van der Waals surface area contributed by atoms with Crippen molar-refractivity contribution in [1.82, 2.24) is 0 Å². The van der Waals surface area contributed by atoms with Crippen LogP contribution >= 0.6 is 0 Å². The van der Waals surface area contributed by atoms with Gasteiger partial charge in [-0.25, -0.2) is 0 Å². The van der Waals surface area contributed by atoms with Gasteiger partial charge in [0.25, 0.3) is 0 Å². The molecule has 1 rings (SSSR count). The molecule has 0 spiro atoms. The van der Waals surface area contributed by atoms with Crippen LogP contribution in [0.4, 0.5) is 0 Å². The van der Waals surface area contributed by atoms with Gasteiger partial charge in [0.05, 0.1) is 6.04 Å². The Hall–Kier alpha value is -1.06. The molecule has 1 aromatic rings. The molecule has 3 N–H and O–H groups in total. The minimum Gasteiger partial charge on any atom is -0.491 e. The molecule has 0 aliphatic carbocycles. The van der Waals surface area contributed by atoms with Crippen molar-refractivity contribution in [2.75, 3.05) is 13.2 Å². The number of aliphatic hydroxyl groups excluding tert-OH is 1. The third-order valence-electron chi connectivity index (χ3n) is 3.65. The number of quaternary nitrogens is 1. The molecule has 2 atom stereocenters. The fourth-order valence-corrected chi connectivity index (χ4v) is 2.38. The molecule has 0 aliphatic rings. The van der Waals surface area contributed by atoms with Gasteiger partial charge in [0, 0.05) is 0 Å². The van der Waals surface area contributed by atoms with Crippen molar-refractivity contribution in [3.63, 3.8) is 0 Å². The monoisotopic (exact) mass is 294 g/mol. The van der Waals surface area contributed by atoms with Crippen LogP contribution in [0.5, 0.6) is 5.75 Å². The average molecular weight is 294 g/mol. The zero-order valence-electron chi connectivity index (χ0n) is 14.2. The highest BCUT2D eigenvalue weighted by Crippen LogP contribution is 2.16. The summed E-state index contributed by atoms with van der Waals surface area (Å²) in [5, 5.41) is 12.2. The van der Waals surface area contributed by atoms with Crippen LogP contribution < -0.4 is 10.1 Å². The zero-order valence-corrected chi connectivity index (χ0v) is 14.2. The predicted molar refractivity (Wildman–Crippen MR) is 87.7 cm³/mol. The Kier molecular flexibility index (Phi) is 7.76. The van der Waals surface area contributed by atoms with E-state index in [1.54, 1.807) is 0 Å². The topological polar surface area (TPSA) is 46.1 Å². The van der Waals surface area contributed by atoms with E-state index < -0.39 is 6.10 Å². The summed E-state index contributed by atoms with van der Waals surface area (Å²) in [6.45, 7) is 11.9. The lowest BCUT2D eigenvalue weighted by Gasteiger charge is -2.16. The Balaban J connectivity index is 2.26. The molecule has 0 aliphatic heterocycles. The summed E-state index contributed by atoms with van der Waals surface area (Å²) in [5.74, 6) is 1.60. The van der Waals surface area contributed by atoms with Gasteiger partial charge in [0.15, 0.2) is 0 Å². The Morgan fingerprint density at radius 1 is 1.05 bits per heavy atom. The summed E-state index contributed by atoms with van der Waals surface area (Å²) in [6, 6.07) is 6.69. The highest BCUT2D eigenvalue weighted by atomic mass is 16.5. The second-order valence-electron chi connectivity index (χ2n) is 6.71. The molecule has 0 bridgehead atoms. The van der Waals surface area contributed by atoms with E-state index in [-0.39, 0.29) is 0 Å². The second-order valence-corrected chi connectivity index (χ2v) is 6.71. The number of aryl methyl sites for hydroxylation is 2. The number of aliphatic hydroxyl groups is 1. The van der Waals surface area contributed by atoms with Crippen LogP contribution in [0.2, 0.25) is 0 Å². The molecule has 120 valence electrons. The minimum atomic E-state index is -0.424. The SMILES string of the molecule is Cc1cc(C)cc(OC[C@H](O)C[NH2+][C@@H](C)CCC(C)C)c1. The van der Waals surface area contributed by atoms with E-state index in [1.807, 2.05) is 12.1 Å². The lowest BCUT2D eigenvalue weighted by molar-refractivity contribution is -0.692. The van der Waals surface area contributed by atoms with Gasteiger partial charge in [-0.15, -0.1) is 0 Å². The standard InChI is InChI=1S/C18H31NO2/c1-13(2)6-7-16(5)19-11-17(20)12-21-18-9-14(3)8-15(4)10-18/h8-10,13,16-17,19-20H,6-7,11-12H2,1-5H3/p+1/t16-,17+/m0/s1. The Morgan fingerprint density at radius 3 is 2.24 bits per heavy atom. The summed E-state index contributed by atoms with van der Waals surface area (Å²) in [7, 11) is 0. The van der Waals surface area contributed by atoms with E-state index in [4.69, 9.17) is 4.74 Å². The van der Waals surface area contributed by atoms with Crippen molar-refractivity contribution in [2.24, 2.45) is 5.92 Å². The first kappa shape index (κ1) is 18.0. The van der Waals surface area contributed by atoms with E-state index in [9.17, 15) is 5.11 Å². The Labute approximate surface area is 129 Å². The summed E-state index contributed by atoms with van der Waals surface area (Å²) >= 11 is 0. The van der Waals surface area contributed by atoms with Crippen LogP contribution in [0.25, 0.3) is 0 Å². The third-order valence-corrected chi connectivity index (χ3v) is 3.65. The quantitative estimate of drug-likeness (QED) is 0.735. The van der Waals surface area contributed by atoms with E-state index >= 15 is 0 Å². The highest BCUT2D eigenvalue weighted by Gasteiger charge is 2.12. The average Bonchev–Trinajstić information content (AvgIpc) is 2.39. The van der Waals surface area contributed by atoms with Crippen molar-refractivity contribution in [3.8, 4) is 5.75 Å². The first-order valence-corrected chi connectivity index (χ1v) is 8.09. The van der Waals surface area contributed by atoms with Gasteiger partial charge >= 0.3 is 0 Å². The number of hydrogen-bond acceptors (Lipinski definition) is 2. The highest BCUT2D eigenvalue weighted by molar-refractivity contribution is 5.32. The smallest absolute Gasteiger partial charge is 0.137 e. The fraction of sp³-hybridized carbons (Fsp3) is 0.667. The van der Waals surface area contributed by atoms with Crippen LogP contribution in [0.15, 0.2) is 18.2 Å². The molecule has 1 aromatic carbocycles. The number of benzene rings is 1. The number of nitrogens with two attached hydrogens (primary N) is 1. The summed E-state index contributed by atoms with van der Waals surface area (Å²) in [4.78, 5) is 0. The fourth-order valence-electron chi connectivity index (χ4n) is 2.38. The Morgan fingerprint density at radius 2 is 1.67 bits per heavy atom. The van der Waals surface area contributed by atoms with Crippen molar-refractivity contribution < 1.29 is 15.2 Å². The molecule has 0 radical (unpaired) electrons. The van der Waals surface area contributed by atoms with Crippen LogP contribution in [0.1, 0.15) is 44.7 Å². The summed E-state index contributed by atoms with van der Waals surface area (Å²) in [6.07, 6.45) is 2.02. The van der Waals surface area contributed by atoms with Crippen LogP contribution in [0.3, 0.4) is 0 Å². The normalized spacial score (nSPS) is 14.2. The maximum Gasteiger partial charge on any atom is 0.137 e. The third kappa shape index (κ3) is 8.08. The van der Waals surface area contributed by atoms with E-state index in [0.29, 0.717) is 19.2 Å². The van der Waals surface area contributed by atoms with Crippen LogP contribution in [-0.2, 0) is 0 Å². The largest absolute Gasteiger partial charge is 0.491 e. The molecule has 21 heavy (non-hydrogen) atoms. The molecule has 0 heterocycles. The molecule has 0 aromatic heterocycles. The van der Waals surface area contributed by atoms with Crippen LogP contribution in [-0.4, -0.2) is 30.4 Å². The lowest BCUT2D eigenvalue weighted by atomic mass is 10.0. The number of hydrogen-bond donors (Lipinski definition) is 2. The summed E-state index contributed by atoms with van der Waals surface area (Å²) in [5.41, 5.74) is 2.38. The van der Waals surface area contributed by atoms with Crippen molar-refractivity contribution in [1.29, 1.82) is 0 Å². The first-order valence-electron chi connectivity index (χ1n) is 8.09. The molecule has 0 fully saturated rings. The van der Waals surface area contributed by atoms with Gasteiger partial charge in [-0.2, -0.15) is 0 Å². The van der Waals surface area contributed by atoms with Gasteiger partial charge in [-0.1, -0.05) is 19.9 Å². The van der Waals surface area contributed by atoms with E-state index in [0.717, 1.165) is 11.7 Å². The van der Waals surface area contributed by atoms with Crippen molar-refractivity contribution >= 4 is 0 Å². The maximum absolute atomic E-state index is 10.0. The molecule has 0 unspecified atom stereocenters. The minimum absolute atomic E-state index is 0.357. The molecular formula is C18H32NO2+. The van der Waals surface area contributed by atoms with Gasteiger partial charge in [0.1, 0.15) is 25.0 Å². The van der Waals surface area contributed by atoms with Gasteiger partial charge < -0.3 is 15.2 Å². The maximum atomic E-state index is 10.0. The van der Waals surface area contributed by atoms with Crippen molar-refractivity contribution in [2.45, 2.75) is 59.6 Å². The molecule has 0 saturated heterocycles. The van der Waals surface area contributed by atoms with Gasteiger partial charge in [-0.3, -0.25) is 0 Å². The van der Waals surface area contributed by atoms with Crippen molar-refractivity contribution in [3.05, 3.63) is 29.3 Å². The lowest BCUT2D eigenvalue weighted by Crippen LogP contribution is -2.91. The zero-order chi connectivity index (χ0) is 15.8. The first-order chi connectivity index (χ1) is 9.86. The molecule has 0 amide bonds. The van der Waals surface area contributed by atoms with E-state index in [1.165, 1.54) is 24.0 Å². The number of ether oxygens (including phenoxy) is 1. The number of rotatable bonds is 9. The second kappa shape index (κ2) is 9.06. The summed E-state index contributed by atoms with van der Waals surface area (Å²) < 4.78 is 5.69. The Bertz CT molecular complexity index is 397. The molecule has 3 heteroatoms. The predicted octanol–water partition coefficient (Wildman–Crippen LogP) is 2.43.